The van der Waals surface area contributed by atoms with Gasteiger partial charge in [-0.2, -0.15) is 0 Å². The topological polar surface area (TPSA) is 46.6 Å². The van der Waals surface area contributed by atoms with Crippen molar-refractivity contribution in [1.29, 1.82) is 0 Å². The van der Waals surface area contributed by atoms with Crippen molar-refractivity contribution in [2.75, 3.05) is 19.7 Å². The Balaban J connectivity index is 1.81. The Hall–Kier alpha value is -2.05. The molecule has 0 aliphatic carbocycles. The average molecular weight is 404 g/mol. The first-order chi connectivity index (χ1) is 13.4. The van der Waals surface area contributed by atoms with Gasteiger partial charge in [0.05, 0.1) is 16.9 Å². The van der Waals surface area contributed by atoms with Gasteiger partial charge in [-0.25, -0.2) is 4.39 Å². The molecule has 1 aromatic carbocycles. The van der Waals surface area contributed by atoms with Crippen molar-refractivity contribution in [3.05, 3.63) is 57.5 Å². The number of hydrogen-bond donors (Lipinski definition) is 0. The zero-order valence-corrected chi connectivity index (χ0v) is 17.2. The van der Waals surface area contributed by atoms with Gasteiger partial charge < -0.3 is 4.74 Å². The highest BCUT2D eigenvalue weighted by molar-refractivity contribution is 7.12. The van der Waals surface area contributed by atoms with Crippen molar-refractivity contribution in [3.63, 3.8) is 0 Å². The molecule has 2 aromatic rings. The summed E-state index contributed by atoms with van der Waals surface area (Å²) >= 11 is 1.45. The number of nitrogens with zero attached hydrogens (tertiary/aromatic N) is 1. The van der Waals surface area contributed by atoms with Gasteiger partial charge in [0.15, 0.2) is 5.78 Å². The maximum absolute atomic E-state index is 14.3. The van der Waals surface area contributed by atoms with Gasteiger partial charge >= 0.3 is 5.97 Å². The summed E-state index contributed by atoms with van der Waals surface area (Å²) in [5, 5.41) is 1.99. The van der Waals surface area contributed by atoms with Crippen LogP contribution in [0.1, 0.15) is 47.5 Å². The van der Waals surface area contributed by atoms with Crippen molar-refractivity contribution in [2.45, 2.75) is 39.7 Å². The van der Waals surface area contributed by atoms with Gasteiger partial charge in [-0.15, -0.1) is 11.3 Å². The first kappa shape index (κ1) is 20.7. The molecule has 28 heavy (non-hydrogen) atoms. The second-order valence-corrected chi connectivity index (χ2v) is 8.37. The van der Waals surface area contributed by atoms with Crippen molar-refractivity contribution in [1.82, 2.24) is 4.90 Å². The molecule has 0 bridgehead atoms. The van der Waals surface area contributed by atoms with Gasteiger partial charge in [-0.1, -0.05) is 18.2 Å². The number of esters is 1. The molecule has 1 aliphatic rings. The molecule has 1 saturated heterocycles. The Morgan fingerprint density at radius 3 is 2.79 bits per heavy atom. The summed E-state index contributed by atoms with van der Waals surface area (Å²) in [6.07, 6.45) is 1.85. The first-order valence-electron chi connectivity index (χ1n) is 9.65. The molecule has 6 heteroatoms. The smallest absolute Gasteiger partial charge is 0.313 e. The normalized spacial score (nSPS) is 20.1. The van der Waals surface area contributed by atoms with Crippen LogP contribution < -0.4 is 0 Å². The van der Waals surface area contributed by atoms with E-state index in [1.165, 1.54) is 17.4 Å². The van der Waals surface area contributed by atoms with E-state index in [-0.39, 0.29) is 17.6 Å². The molecule has 1 aromatic heterocycles. The summed E-state index contributed by atoms with van der Waals surface area (Å²) in [5.74, 6) is -0.472. The van der Waals surface area contributed by atoms with Crippen LogP contribution in [-0.2, 0) is 22.5 Å². The summed E-state index contributed by atoms with van der Waals surface area (Å²) in [4.78, 5) is 27.4. The molecule has 3 rings (SSSR count). The summed E-state index contributed by atoms with van der Waals surface area (Å²) in [6, 6.07) is 8.56. The van der Waals surface area contributed by atoms with Crippen molar-refractivity contribution in [2.24, 2.45) is 5.41 Å². The molecule has 150 valence electrons. The first-order valence-corrected chi connectivity index (χ1v) is 10.5. The second kappa shape index (κ2) is 8.97. The van der Waals surface area contributed by atoms with Crippen molar-refractivity contribution >= 4 is 23.1 Å². The fourth-order valence-corrected chi connectivity index (χ4v) is 4.74. The lowest BCUT2D eigenvalue weighted by Gasteiger charge is -2.41. The van der Waals surface area contributed by atoms with E-state index in [0.717, 1.165) is 23.4 Å². The van der Waals surface area contributed by atoms with E-state index in [4.69, 9.17) is 4.74 Å². The minimum Gasteiger partial charge on any atom is -0.466 e. The number of thiophene rings is 1. The van der Waals surface area contributed by atoms with Crippen LogP contribution in [0.5, 0.6) is 0 Å². The average Bonchev–Trinajstić information content (AvgIpc) is 3.13. The number of Topliss-reactive ketones (excluding diaryl/α,β-unsaturated/α-hetero) is 1. The Kier molecular flexibility index (Phi) is 6.62. The van der Waals surface area contributed by atoms with Gasteiger partial charge in [0.25, 0.3) is 0 Å². The molecule has 1 fully saturated rings. The zero-order valence-electron chi connectivity index (χ0n) is 16.4. The minimum absolute atomic E-state index is 0.0651. The van der Waals surface area contributed by atoms with Crippen LogP contribution in [0.2, 0.25) is 0 Å². The van der Waals surface area contributed by atoms with Gasteiger partial charge in [-0.05, 0) is 68.3 Å². The predicted molar refractivity (Wildman–Crippen MR) is 108 cm³/mol. The van der Waals surface area contributed by atoms with Crippen LogP contribution >= 0.6 is 11.3 Å². The van der Waals surface area contributed by atoms with E-state index in [2.05, 4.69) is 4.90 Å². The number of likely N-dealkylation sites (tertiary alicyclic amines) is 1. The zero-order chi connectivity index (χ0) is 20.1. The van der Waals surface area contributed by atoms with E-state index in [1.54, 1.807) is 32.0 Å². The maximum Gasteiger partial charge on any atom is 0.313 e. The monoisotopic (exact) mass is 403 g/mol. The second-order valence-electron chi connectivity index (χ2n) is 7.46. The summed E-state index contributed by atoms with van der Waals surface area (Å²) in [5.41, 5.74) is 0.864. The number of rotatable bonds is 7. The summed E-state index contributed by atoms with van der Waals surface area (Å²) < 4.78 is 19.7. The van der Waals surface area contributed by atoms with Gasteiger partial charge in [0.1, 0.15) is 5.82 Å². The number of hydrogen-bond acceptors (Lipinski definition) is 5. The molecule has 0 saturated carbocycles. The number of ketones is 1. The molecule has 0 unspecified atom stereocenters. The molecule has 2 heterocycles. The summed E-state index contributed by atoms with van der Waals surface area (Å²) in [6.45, 7) is 5.72. The van der Waals surface area contributed by atoms with Crippen molar-refractivity contribution in [3.8, 4) is 0 Å². The predicted octanol–water partition coefficient (Wildman–Crippen LogP) is 4.48. The van der Waals surface area contributed by atoms with E-state index in [1.807, 2.05) is 11.4 Å². The molecule has 0 N–H and O–H groups in total. The van der Waals surface area contributed by atoms with Gasteiger partial charge in [-0.3, -0.25) is 14.5 Å². The van der Waals surface area contributed by atoms with Crippen LogP contribution in [0, 0.1) is 11.2 Å². The Morgan fingerprint density at radius 2 is 2.11 bits per heavy atom. The molecule has 1 atom stereocenters. The largest absolute Gasteiger partial charge is 0.466 e. The molecular weight excluding hydrogens is 377 g/mol. The van der Waals surface area contributed by atoms with E-state index in [9.17, 15) is 14.0 Å². The van der Waals surface area contributed by atoms with E-state index >= 15 is 0 Å². The highest BCUT2D eigenvalue weighted by Gasteiger charge is 2.44. The highest BCUT2D eigenvalue weighted by atomic mass is 32.1. The molecule has 0 radical (unpaired) electrons. The standard InChI is InChI=1S/C22H26FNO3S/c1-3-27-21(26)22(12-18-7-4-5-8-19(18)23)9-6-10-24(15-22)13-17-11-20(16(2)25)28-14-17/h4-5,7-8,11,14H,3,6,9-10,12-13,15H2,1-2H3/t22-/m0/s1. The number of carbonyl (C=O) groups excluding carboxylic acids is 2. The fourth-order valence-electron chi connectivity index (χ4n) is 3.94. The van der Waals surface area contributed by atoms with E-state index in [0.29, 0.717) is 38.1 Å². The lowest BCUT2D eigenvalue weighted by molar-refractivity contribution is -0.159. The summed E-state index contributed by atoms with van der Waals surface area (Å²) in [7, 11) is 0. The third-order valence-electron chi connectivity index (χ3n) is 5.26. The quantitative estimate of drug-likeness (QED) is 0.505. The maximum atomic E-state index is 14.3. The molecule has 0 amide bonds. The number of ether oxygens (including phenoxy) is 1. The Morgan fingerprint density at radius 1 is 1.32 bits per heavy atom. The van der Waals surface area contributed by atoms with Crippen LogP contribution in [0.25, 0.3) is 0 Å². The Labute approximate surface area is 169 Å². The number of benzene rings is 1. The molecule has 4 nitrogen and oxygen atoms in total. The third kappa shape index (κ3) is 4.67. The Bertz CT molecular complexity index is 850. The highest BCUT2D eigenvalue weighted by Crippen LogP contribution is 2.36. The number of carbonyl (C=O) groups is 2. The minimum atomic E-state index is -0.754. The van der Waals surface area contributed by atoms with Crippen LogP contribution in [-0.4, -0.2) is 36.3 Å². The molecular formula is C22H26FNO3S. The van der Waals surface area contributed by atoms with Gasteiger partial charge in [0.2, 0.25) is 0 Å². The van der Waals surface area contributed by atoms with Gasteiger partial charge in [0, 0.05) is 13.1 Å². The molecule has 1 aliphatic heterocycles. The van der Waals surface area contributed by atoms with Crippen LogP contribution in [0.3, 0.4) is 0 Å². The molecule has 0 spiro atoms. The van der Waals surface area contributed by atoms with Crippen LogP contribution in [0.4, 0.5) is 4.39 Å². The lowest BCUT2D eigenvalue weighted by Crippen LogP contribution is -2.49. The van der Waals surface area contributed by atoms with Crippen molar-refractivity contribution < 1.29 is 18.7 Å². The third-order valence-corrected chi connectivity index (χ3v) is 6.34. The lowest BCUT2D eigenvalue weighted by atomic mass is 9.75. The SMILES string of the molecule is CCOC(=O)[C@]1(Cc2ccccc2F)CCCN(Cc2csc(C(C)=O)c2)C1. The van der Waals surface area contributed by atoms with E-state index < -0.39 is 5.41 Å². The van der Waals surface area contributed by atoms with Crippen LogP contribution in [0.15, 0.2) is 35.7 Å². The number of halogens is 1. The fraction of sp³-hybridized carbons (Fsp3) is 0.455. The number of piperidine rings is 1.